The lowest BCUT2D eigenvalue weighted by molar-refractivity contribution is 0.132. The van der Waals surface area contributed by atoms with Crippen LogP contribution in [0.25, 0.3) is 0 Å². The van der Waals surface area contributed by atoms with Gasteiger partial charge < -0.3 is 5.11 Å². The van der Waals surface area contributed by atoms with Gasteiger partial charge in [-0.1, -0.05) is 26.0 Å². The maximum absolute atomic E-state index is 9.58. The van der Waals surface area contributed by atoms with Gasteiger partial charge in [-0.3, -0.25) is 0 Å². The van der Waals surface area contributed by atoms with E-state index in [4.69, 9.17) is 0 Å². The molecular formula is C10H16O. The molecule has 11 heavy (non-hydrogen) atoms. The summed E-state index contributed by atoms with van der Waals surface area (Å²) < 4.78 is 0. The zero-order valence-corrected chi connectivity index (χ0v) is 7.25. The molecular weight excluding hydrogens is 136 g/mol. The molecule has 0 aliphatic heterocycles. The van der Waals surface area contributed by atoms with Crippen molar-refractivity contribution in [2.24, 2.45) is 17.3 Å². The first-order valence-electron chi connectivity index (χ1n) is 4.51. The van der Waals surface area contributed by atoms with E-state index in [-0.39, 0.29) is 6.10 Å². The summed E-state index contributed by atoms with van der Waals surface area (Å²) in [5.41, 5.74) is 0.351. The average Bonchev–Trinajstić information content (AvgIpc) is 2.44. The topological polar surface area (TPSA) is 20.2 Å². The van der Waals surface area contributed by atoms with Crippen LogP contribution >= 0.6 is 0 Å². The van der Waals surface area contributed by atoms with Gasteiger partial charge in [-0.15, -0.1) is 0 Å². The third-order valence-corrected chi connectivity index (χ3v) is 3.52. The Morgan fingerprint density at radius 2 is 2.18 bits per heavy atom. The molecule has 0 aromatic rings. The van der Waals surface area contributed by atoms with Crippen molar-refractivity contribution in [3.63, 3.8) is 0 Å². The van der Waals surface area contributed by atoms with E-state index in [0.717, 1.165) is 6.42 Å². The number of hydrogen-bond acceptors (Lipinski definition) is 1. The highest BCUT2D eigenvalue weighted by Crippen LogP contribution is 2.53. The summed E-state index contributed by atoms with van der Waals surface area (Å²) in [6.07, 6.45) is 6.66. The predicted octanol–water partition coefficient (Wildman–Crippen LogP) is 1.97. The van der Waals surface area contributed by atoms with Crippen LogP contribution in [0.5, 0.6) is 0 Å². The summed E-state index contributed by atoms with van der Waals surface area (Å²) >= 11 is 0. The van der Waals surface area contributed by atoms with E-state index in [9.17, 15) is 5.11 Å². The first kappa shape index (κ1) is 7.35. The lowest BCUT2D eigenvalue weighted by Gasteiger charge is -2.28. The second kappa shape index (κ2) is 2.10. The molecule has 1 saturated carbocycles. The molecule has 0 amide bonds. The highest BCUT2D eigenvalue weighted by molar-refractivity contribution is 5.19. The first-order chi connectivity index (χ1) is 5.14. The minimum Gasteiger partial charge on any atom is -0.392 e. The van der Waals surface area contributed by atoms with Crippen molar-refractivity contribution in [3.05, 3.63) is 12.2 Å². The van der Waals surface area contributed by atoms with Gasteiger partial charge in [0.05, 0.1) is 6.10 Å². The number of aliphatic hydroxyl groups excluding tert-OH is 1. The SMILES string of the molecule is CC(C)C12C=CC(C1)C(O)C2. The summed E-state index contributed by atoms with van der Waals surface area (Å²) in [4.78, 5) is 0. The van der Waals surface area contributed by atoms with Crippen molar-refractivity contribution in [2.75, 3.05) is 0 Å². The van der Waals surface area contributed by atoms with Crippen LogP contribution < -0.4 is 0 Å². The summed E-state index contributed by atoms with van der Waals surface area (Å²) in [7, 11) is 0. The molecule has 3 atom stereocenters. The average molecular weight is 152 g/mol. The molecule has 0 aromatic heterocycles. The Morgan fingerprint density at radius 1 is 1.45 bits per heavy atom. The maximum atomic E-state index is 9.58. The fraction of sp³-hybridized carbons (Fsp3) is 0.800. The second-order valence-corrected chi connectivity index (χ2v) is 4.39. The molecule has 2 rings (SSSR count). The quantitative estimate of drug-likeness (QED) is 0.569. The molecule has 0 aromatic carbocycles. The zero-order chi connectivity index (χ0) is 8.06. The van der Waals surface area contributed by atoms with Crippen molar-refractivity contribution in [2.45, 2.75) is 32.8 Å². The monoisotopic (exact) mass is 152 g/mol. The normalized spacial score (nSPS) is 47.6. The van der Waals surface area contributed by atoms with Gasteiger partial charge in [0.25, 0.3) is 0 Å². The summed E-state index contributed by atoms with van der Waals surface area (Å²) in [6, 6.07) is 0. The molecule has 62 valence electrons. The van der Waals surface area contributed by atoms with Crippen molar-refractivity contribution in [3.8, 4) is 0 Å². The lowest BCUT2D eigenvalue weighted by atomic mass is 9.77. The second-order valence-electron chi connectivity index (χ2n) is 4.39. The number of rotatable bonds is 1. The van der Waals surface area contributed by atoms with Crippen LogP contribution in [0.2, 0.25) is 0 Å². The zero-order valence-electron chi connectivity index (χ0n) is 7.25. The van der Waals surface area contributed by atoms with Gasteiger partial charge in [0.1, 0.15) is 0 Å². The third-order valence-electron chi connectivity index (χ3n) is 3.52. The number of fused-ring (bicyclic) bond motifs is 2. The number of allylic oxidation sites excluding steroid dienone is 1. The van der Waals surface area contributed by atoms with Crippen LogP contribution in [-0.2, 0) is 0 Å². The third kappa shape index (κ3) is 0.871. The van der Waals surface area contributed by atoms with E-state index >= 15 is 0 Å². The largest absolute Gasteiger partial charge is 0.392 e. The van der Waals surface area contributed by atoms with Crippen LogP contribution in [0.3, 0.4) is 0 Å². The Hall–Kier alpha value is -0.300. The van der Waals surface area contributed by atoms with Crippen LogP contribution in [0.4, 0.5) is 0 Å². The fourth-order valence-corrected chi connectivity index (χ4v) is 2.51. The molecule has 0 saturated heterocycles. The van der Waals surface area contributed by atoms with Crippen LogP contribution in [0, 0.1) is 17.3 Å². The van der Waals surface area contributed by atoms with Crippen molar-refractivity contribution in [1.29, 1.82) is 0 Å². The van der Waals surface area contributed by atoms with E-state index in [0.29, 0.717) is 17.3 Å². The molecule has 0 heterocycles. The van der Waals surface area contributed by atoms with Gasteiger partial charge in [-0.2, -0.15) is 0 Å². The van der Waals surface area contributed by atoms with E-state index in [1.165, 1.54) is 6.42 Å². The van der Waals surface area contributed by atoms with E-state index in [1.54, 1.807) is 0 Å². The predicted molar refractivity (Wildman–Crippen MR) is 45.1 cm³/mol. The van der Waals surface area contributed by atoms with E-state index in [1.807, 2.05) is 0 Å². The minimum absolute atomic E-state index is 0.0533. The maximum Gasteiger partial charge on any atom is 0.0611 e. The summed E-state index contributed by atoms with van der Waals surface area (Å²) in [6.45, 7) is 4.51. The standard InChI is InChI=1S/C10H16O/c1-7(2)10-4-3-8(5-10)9(11)6-10/h3-4,7-9,11H,5-6H2,1-2H3. The summed E-state index contributed by atoms with van der Waals surface area (Å²) in [5.74, 6) is 1.15. The first-order valence-corrected chi connectivity index (χ1v) is 4.51. The minimum atomic E-state index is -0.0533. The Labute approximate surface area is 68.1 Å². The van der Waals surface area contributed by atoms with Gasteiger partial charge in [-0.25, -0.2) is 0 Å². The lowest BCUT2D eigenvalue weighted by Crippen LogP contribution is -2.22. The summed E-state index contributed by atoms with van der Waals surface area (Å²) in [5, 5.41) is 9.58. The molecule has 1 N–H and O–H groups in total. The Morgan fingerprint density at radius 3 is 2.45 bits per heavy atom. The molecule has 0 radical (unpaired) electrons. The Balaban J connectivity index is 2.25. The van der Waals surface area contributed by atoms with Crippen LogP contribution in [-0.4, -0.2) is 11.2 Å². The fourth-order valence-electron chi connectivity index (χ4n) is 2.51. The van der Waals surface area contributed by atoms with E-state index < -0.39 is 0 Å². The molecule has 0 spiro atoms. The highest BCUT2D eigenvalue weighted by atomic mass is 16.3. The van der Waals surface area contributed by atoms with E-state index in [2.05, 4.69) is 26.0 Å². The molecule has 2 aliphatic rings. The Bertz CT molecular complexity index is 195. The van der Waals surface area contributed by atoms with Crippen LogP contribution in [0.1, 0.15) is 26.7 Å². The molecule has 1 heteroatoms. The molecule has 2 bridgehead atoms. The molecule has 3 unspecified atom stereocenters. The van der Waals surface area contributed by atoms with Gasteiger partial charge in [0.15, 0.2) is 0 Å². The van der Waals surface area contributed by atoms with Crippen LogP contribution in [0.15, 0.2) is 12.2 Å². The van der Waals surface area contributed by atoms with Gasteiger partial charge in [-0.05, 0) is 24.2 Å². The number of aliphatic hydroxyl groups is 1. The van der Waals surface area contributed by atoms with Crippen molar-refractivity contribution < 1.29 is 5.11 Å². The molecule has 1 fully saturated rings. The highest BCUT2D eigenvalue weighted by Gasteiger charge is 2.47. The van der Waals surface area contributed by atoms with Crippen molar-refractivity contribution >= 4 is 0 Å². The Kier molecular flexibility index (Phi) is 1.40. The van der Waals surface area contributed by atoms with Gasteiger partial charge in [0.2, 0.25) is 0 Å². The van der Waals surface area contributed by atoms with Gasteiger partial charge >= 0.3 is 0 Å². The van der Waals surface area contributed by atoms with Gasteiger partial charge in [0, 0.05) is 5.92 Å². The number of hydrogen-bond donors (Lipinski definition) is 1. The van der Waals surface area contributed by atoms with Crippen molar-refractivity contribution in [1.82, 2.24) is 0 Å². The molecule has 1 nitrogen and oxygen atoms in total. The smallest absolute Gasteiger partial charge is 0.0611 e. The molecule has 2 aliphatic carbocycles.